The first-order chi connectivity index (χ1) is 12.1. The van der Waals surface area contributed by atoms with E-state index in [1.807, 2.05) is 60.7 Å². The number of piperazine rings is 1. The van der Waals surface area contributed by atoms with Gasteiger partial charge < -0.3 is 15.5 Å². The van der Waals surface area contributed by atoms with E-state index < -0.39 is 0 Å². The van der Waals surface area contributed by atoms with Crippen molar-refractivity contribution in [2.24, 2.45) is 5.73 Å². The zero-order valence-corrected chi connectivity index (χ0v) is 14.2. The van der Waals surface area contributed by atoms with E-state index in [1.54, 1.807) is 9.80 Å². The number of nitrogens with two attached hydrogens (primary N) is 1. The minimum absolute atomic E-state index is 0.0219. The van der Waals surface area contributed by atoms with E-state index >= 15 is 0 Å². The maximum atomic E-state index is 12.5. The van der Waals surface area contributed by atoms with Crippen molar-refractivity contribution in [1.82, 2.24) is 9.80 Å². The first-order valence-corrected chi connectivity index (χ1v) is 8.58. The fraction of sp³-hybridized carbons (Fsp3) is 0.300. The van der Waals surface area contributed by atoms with Crippen molar-refractivity contribution >= 4 is 11.8 Å². The van der Waals surface area contributed by atoms with Crippen molar-refractivity contribution in [3.63, 3.8) is 0 Å². The monoisotopic (exact) mass is 337 g/mol. The van der Waals surface area contributed by atoms with Gasteiger partial charge in [-0.2, -0.15) is 0 Å². The van der Waals surface area contributed by atoms with Crippen LogP contribution in [-0.2, 0) is 4.79 Å². The van der Waals surface area contributed by atoms with Gasteiger partial charge in [-0.15, -0.1) is 0 Å². The minimum atomic E-state index is -0.294. The molecule has 5 nitrogen and oxygen atoms in total. The molecule has 1 aliphatic rings. The summed E-state index contributed by atoms with van der Waals surface area (Å²) < 4.78 is 0. The van der Waals surface area contributed by atoms with Crippen LogP contribution in [0.15, 0.2) is 60.7 Å². The van der Waals surface area contributed by atoms with Crippen molar-refractivity contribution in [2.45, 2.75) is 12.5 Å². The van der Waals surface area contributed by atoms with Gasteiger partial charge in [0, 0.05) is 44.2 Å². The molecule has 0 radical (unpaired) electrons. The van der Waals surface area contributed by atoms with Gasteiger partial charge in [-0.3, -0.25) is 9.59 Å². The van der Waals surface area contributed by atoms with Crippen LogP contribution in [0.25, 0.3) is 0 Å². The summed E-state index contributed by atoms with van der Waals surface area (Å²) >= 11 is 0. The summed E-state index contributed by atoms with van der Waals surface area (Å²) in [6.45, 7) is 2.22. The van der Waals surface area contributed by atoms with E-state index in [1.165, 1.54) is 0 Å². The number of hydrogen-bond acceptors (Lipinski definition) is 3. The molecular formula is C20H23N3O2. The van der Waals surface area contributed by atoms with Gasteiger partial charge in [-0.25, -0.2) is 0 Å². The molecule has 130 valence electrons. The highest BCUT2D eigenvalue weighted by molar-refractivity contribution is 5.94. The van der Waals surface area contributed by atoms with E-state index in [0.29, 0.717) is 31.7 Å². The molecular weight excluding hydrogens is 314 g/mol. The van der Waals surface area contributed by atoms with Gasteiger partial charge in [-0.1, -0.05) is 48.5 Å². The summed E-state index contributed by atoms with van der Waals surface area (Å²) in [5.74, 6) is 0.0665. The van der Waals surface area contributed by atoms with Gasteiger partial charge in [0.1, 0.15) is 0 Å². The Balaban J connectivity index is 1.52. The summed E-state index contributed by atoms with van der Waals surface area (Å²) in [5, 5.41) is 0. The first kappa shape index (κ1) is 17.2. The molecule has 2 N–H and O–H groups in total. The van der Waals surface area contributed by atoms with Crippen LogP contribution in [0.3, 0.4) is 0 Å². The van der Waals surface area contributed by atoms with Crippen molar-refractivity contribution in [1.29, 1.82) is 0 Å². The van der Waals surface area contributed by atoms with Crippen molar-refractivity contribution < 1.29 is 9.59 Å². The van der Waals surface area contributed by atoms with E-state index in [-0.39, 0.29) is 24.3 Å². The van der Waals surface area contributed by atoms with E-state index in [2.05, 4.69) is 0 Å². The van der Waals surface area contributed by atoms with Gasteiger partial charge in [0.15, 0.2) is 0 Å². The summed E-state index contributed by atoms with van der Waals surface area (Å²) in [4.78, 5) is 28.5. The smallest absolute Gasteiger partial charge is 0.253 e. The molecule has 0 aromatic heterocycles. The Labute approximate surface area is 148 Å². The molecule has 25 heavy (non-hydrogen) atoms. The Morgan fingerprint density at radius 2 is 1.36 bits per heavy atom. The van der Waals surface area contributed by atoms with Gasteiger partial charge >= 0.3 is 0 Å². The molecule has 2 amide bonds. The van der Waals surface area contributed by atoms with Crippen LogP contribution in [0.4, 0.5) is 0 Å². The highest BCUT2D eigenvalue weighted by atomic mass is 16.2. The molecule has 0 aliphatic carbocycles. The number of rotatable bonds is 4. The molecule has 0 bridgehead atoms. The molecule has 3 rings (SSSR count). The zero-order chi connectivity index (χ0) is 17.6. The third-order valence-corrected chi connectivity index (χ3v) is 4.56. The predicted molar refractivity (Wildman–Crippen MR) is 96.9 cm³/mol. The second-order valence-corrected chi connectivity index (χ2v) is 6.26. The number of hydrogen-bond donors (Lipinski definition) is 1. The summed E-state index contributed by atoms with van der Waals surface area (Å²) in [6, 6.07) is 18.6. The highest BCUT2D eigenvalue weighted by Gasteiger charge is 2.25. The lowest BCUT2D eigenvalue weighted by atomic mass is 10.0. The number of amides is 2. The van der Waals surface area contributed by atoms with Crippen LogP contribution in [0.2, 0.25) is 0 Å². The lowest BCUT2D eigenvalue weighted by Crippen LogP contribution is -2.51. The number of benzene rings is 2. The summed E-state index contributed by atoms with van der Waals surface area (Å²) in [7, 11) is 0. The van der Waals surface area contributed by atoms with E-state index in [0.717, 1.165) is 5.56 Å². The molecule has 2 aromatic carbocycles. The third-order valence-electron chi connectivity index (χ3n) is 4.56. The molecule has 5 heteroatoms. The molecule has 1 atom stereocenters. The number of nitrogens with zero attached hydrogens (tertiary/aromatic N) is 2. The predicted octanol–water partition coefficient (Wildman–Crippen LogP) is 2.06. The van der Waals surface area contributed by atoms with Crippen LogP contribution in [-0.4, -0.2) is 47.8 Å². The molecule has 0 unspecified atom stereocenters. The molecule has 1 saturated heterocycles. The topological polar surface area (TPSA) is 66.6 Å². The lowest BCUT2D eigenvalue weighted by molar-refractivity contribution is -0.133. The largest absolute Gasteiger partial charge is 0.339 e. The molecule has 0 spiro atoms. The first-order valence-electron chi connectivity index (χ1n) is 8.58. The Morgan fingerprint density at radius 1 is 0.840 bits per heavy atom. The number of carbonyl (C=O) groups excluding carboxylic acids is 2. The SMILES string of the molecule is N[C@H](CC(=O)N1CCN(C(=O)c2ccccc2)CC1)c1ccccc1. The van der Waals surface area contributed by atoms with Crippen molar-refractivity contribution in [3.05, 3.63) is 71.8 Å². The quantitative estimate of drug-likeness (QED) is 0.929. The van der Waals surface area contributed by atoms with Crippen molar-refractivity contribution in [3.8, 4) is 0 Å². The normalized spacial score (nSPS) is 15.7. The maximum absolute atomic E-state index is 12.5. The van der Waals surface area contributed by atoms with Crippen LogP contribution < -0.4 is 5.73 Å². The van der Waals surface area contributed by atoms with Crippen LogP contribution in [0, 0.1) is 0 Å². The van der Waals surface area contributed by atoms with Gasteiger partial charge in [0.05, 0.1) is 0 Å². The maximum Gasteiger partial charge on any atom is 0.253 e. The van der Waals surface area contributed by atoms with Gasteiger partial charge in [0.2, 0.25) is 5.91 Å². The second kappa shape index (κ2) is 7.94. The fourth-order valence-electron chi connectivity index (χ4n) is 3.06. The Kier molecular flexibility index (Phi) is 5.46. The van der Waals surface area contributed by atoms with Gasteiger partial charge in [0.25, 0.3) is 5.91 Å². The van der Waals surface area contributed by atoms with Crippen LogP contribution >= 0.6 is 0 Å². The zero-order valence-electron chi connectivity index (χ0n) is 14.2. The Morgan fingerprint density at radius 3 is 1.96 bits per heavy atom. The molecule has 0 saturated carbocycles. The van der Waals surface area contributed by atoms with Gasteiger partial charge in [-0.05, 0) is 17.7 Å². The molecule has 1 heterocycles. The fourth-order valence-corrected chi connectivity index (χ4v) is 3.06. The van der Waals surface area contributed by atoms with E-state index in [9.17, 15) is 9.59 Å². The average molecular weight is 337 g/mol. The summed E-state index contributed by atoms with van der Waals surface area (Å²) in [6.07, 6.45) is 0.288. The standard InChI is InChI=1S/C20H23N3O2/c21-18(16-7-3-1-4-8-16)15-19(24)22-11-13-23(14-12-22)20(25)17-9-5-2-6-10-17/h1-10,18H,11-15,21H2/t18-/m1/s1. The highest BCUT2D eigenvalue weighted by Crippen LogP contribution is 2.16. The van der Waals surface area contributed by atoms with Crippen molar-refractivity contribution in [2.75, 3.05) is 26.2 Å². The number of carbonyl (C=O) groups is 2. The second-order valence-electron chi connectivity index (χ2n) is 6.26. The average Bonchev–Trinajstić information content (AvgIpc) is 2.69. The molecule has 1 fully saturated rings. The summed E-state index contributed by atoms with van der Waals surface area (Å²) in [5.41, 5.74) is 7.80. The Bertz CT molecular complexity index is 710. The van der Waals surface area contributed by atoms with Crippen LogP contribution in [0.1, 0.15) is 28.4 Å². The molecule has 1 aliphatic heterocycles. The van der Waals surface area contributed by atoms with Crippen LogP contribution in [0.5, 0.6) is 0 Å². The molecule has 2 aromatic rings. The minimum Gasteiger partial charge on any atom is -0.339 e. The third kappa shape index (κ3) is 4.25. The Hall–Kier alpha value is -2.66. The van der Waals surface area contributed by atoms with E-state index in [4.69, 9.17) is 5.73 Å². The lowest BCUT2D eigenvalue weighted by Gasteiger charge is -2.35.